The van der Waals surface area contributed by atoms with E-state index >= 15 is 0 Å². The average molecular weight is 294 g/mol. The summed E-state index contributed by atoms with van der Waals surface area (Å²) in [6.07, 6.45) is 3.41. The summed E-state index contributed by atoms with van der Waals surface area (Å²) in [4.78, 5) is 12.0. The number of carbonyl (C=O) groups is 1. The monoisotopic (exact) mass is 294 g/mol. The maximum Gasteiger partial charge on any atom is 0.271 e. The van der Waals surface area contributed by atoms with Gasteiger partial charge in [-0.25, -0.2) is 0 Å². The van der Waals surface area contributed by atoms with Crippen LogP contribution in [0.2, 0.25) is 0 Å². The van der Waals surface area contributed by atoms with Crippen LogP contribution in [-0.4, -0.2) is 39.7 Å². The van der Waals surface area contributed by atoms with Crippen molar-refractivity contribution in [2.24, 2.45) is 0 Å². The van der Waals surface area contributed by atoms with Crippen molar-refractivity contribution >= 4 is 23.5 Å². The number of hydrogen-bond acceptors (Lipinski definition) is 5. The molecular weight excluding hydrogens is 272 g/mol. The van der Waals surface area contributed by atoms with E-state index in [9.17, 15) is 4.79 Å². The second-order valence-electron chi connectivity index (χ2n) is 5.32. The molecule has 5 nitrogen and oxygen atoms in total. The molecule has 1 atom stereocenters. The zero-order chi connectivity index (χ0) is 14.4. The topological polar surface area (TPSA) is 66.9 Å². The van der Waals surface area contributed by atoms with Crippen molar-refractivity contribution in [1.29, 1.82) is 0 Å². The average Bonchev–Trinajstić information content (AvgIpc) is 2.90. The highest BCUT2D eigenvalue weighted by atomic mass is 32.2. The van der Waals surface area contributed by atoms with Gasteiger partial charge < -0.3 is 10.6 Å². The number of nitrogens with one attached hydrogen (secondary N) is 2. The minimum Gasteiger partial charge on any atom is -0.369 e. The van der Waals surface area contributed by atoms with Crippen LogP contribution < -0.4 is 10.6 Å². The van der Waals surface area contributed by atoms with E-state index in [1.807, 2.05) is 11.8 Å². The van der Waals surface area contributed by atoms with E-state index < -0.39 is 0 Å². The number of thioether (sulfide) groups is 1. The van der Waals surface area contributed by atoms with E-state index in [1.54, 1.807) is 12.1 Å². The molecule has 1 aliphatic rings. The van der Waals surface area contributed by atoms with Gasteiger partial charge in [0.2, 0.25) is 0 Å². The summed E-state index contributed by atoms with van der Waals surface area (Å²) >= 11 is 1.93. The molecule has 6 heteroatoms. The summed E-state index contributed by atoms with van der Waals surface area (Å²) < 4.78 is 0.172. The molecule has 0 radical (unpaired) electrons. The van der Waals surface area contributed by atoms with Crippen LogP contribution >= 0.6 is 11.8 Å². The van der Waals surface area contributed by atoms with Crippen LogP contribution in [-0.2, 0) is 0 Å². The highest BCUT2D eigenvalue weighted by Gasteiger charge is 2.29. The SMILES string of the molecule is CCCNc1ccc(C(=O)NCC2(C)CCCS2)nn1. The lowest BCUT2D eigenvalue weighted by Gasteiger charge is -2.22. The fourth-order valence-electron chi connectivity index (χ4n) is 2.13. The van der Waals surface area contributed by atoms with Gasteiger partial charge in [-0.1, -0.05) is 6.92 Å². The third kappa shape index (κ3) is 4.10. The van der Waals surface area contributed by atoms with Gasteiger partial charge in [0.25, 0.3) is 5.91 Å². The Morgan fingerprint density at radius 3 is 2.90 bits per heavy atom. The summed E-state index contributed by atoms with van der Waals surface area (Å²) in [5, 5.41) is 14.1. The van der Waals surface area contributed by atoms with Gasteiger partial charge in [0.15, 0.2) is 5.69 Å². The Morgan fingerprint density at radius 2 is 2.30 bits per heavy atom. The van der Waals surface area contributed by atoms with E-state index in [4.69, 9.17) is 0 Å². The number of amides is 1. The lowest BCUT2D eigenvalue weighted by molar-refractivity contribution is 0.0944. The van der Waals surface area contributed by atoms with Gasteiger partial charge in [-0.2, -0.15) is 11.8 Å². The molecule has 0 bridgehead atoms. The smallest absolute Gasteiger partial charge is 0.271 e. The van der Waals surface area contributed by atoms with Gasteiger partial charge in [0.05, 0.1) is 0 Å². The number of anilines is 1. The van der Waals surface area contributed by atoms with E-state index in [2.05, 4.69) is 34.7 Å². The Balaban J connectivity index is 1.85. The molecule has 0 aliphatic carbocycles. The van der Waals surface area contributed by atoms with Crippen LogP contribution in [0.15, 0.2) is 12.1 Å². The van der Waals surface area contributed by atoms with E-state index in [0.29, 0.717) is 18.1 Å². The Morgan fingerprint density at radius 1 is 1.45 bits per heavy atom. The van der Waals surface area contributed by atoms with Crippen molar-refractivity contribution < 1.29 is 4.79 Å². The van der Waals surface area contributed by atoms with Crippen molar-refractivity contribution in [1.82, 2.24) is 15.5 Å². The molecular formula is C14H22N4OS. The Bertz CT molecular complexity index is 443. The fourth-order valence-corrected chi connectivity index (χ4v) is 3.38. The number of nitrogens with zero attached hydrogens (tertiary/aromatic N) is 2. The molecule has 1 amide bonds. The third-order valence-corrected chi connectivity index (χ3v) is 4.91. The fraction of sp³-hybridized carbons (Fsp3) is 0.643. The highest BCUT2D eigenvalue weighted by Crippen LogP contribution is 2.36. The molecule has 0 aromatic carbocycles. The third-order valence-electron chi connectivity index (χ3n) is 3.38. The van der Waals surface area contributed by atoms with Gasteiger partial charge in [0, 0.05) is 17.8 Å². The lowest BCUT2D eigenvalue weighted by atomic mass is 10.1. The zero-order valence-electron chi connectivity index (χ0n) is 12.1. The lowest BCUT2D eigenvalue weighted by Crippen LogP contribution is -2.37. The molecule has 2 N–H and O–H groups in total. The summed E-state index contributed by atoms with van der Waals surface area (Å²) in [5.74, 6) is 1.75. The van der Waals surface area contributed by atoms with Gasteiger partial charge >= 0.3 is 0 Å². The van der Waals surface area contributed by atoms with Crippen LogP contribution in [0.1, 0.15) is 43.6 Å². The van der Waals surface area contributed by atoms with Crippen molar-refractivity contribution in [2.75, 3.05) is 24.2 Å². The predicted molar refractivity (Wildman–Crippen MR) is 83.2 cm³/mol. The molecule has 1 aliphatic heterocycles. The van der Waals surface area contributed by atoms with Crippen molar-refractivity contribution in [2.45, 2.75) is 37.9 Å². The summed E-state index contributed by atoms with van der Waals surface area (Å²) in [7, 11) is 0. The standard InChI is InChI=1S/C14H22N4OS/c1-3-8-15-12-6-5-11(17-18-12)13(19)16-10-14(2)7-4-9-20-14/h5-6H,3-4,7-10H2,1-2H3,(H,15,18)(H,16,19). The number of carbonyl (C=O) groups excluding carboxylic acids is 1. The second kappa shape index (κ2) is 6.92. The largest absolute Gasteiger partial charge is 0.369 e. The molecule has 20 heavy (non-hydrogen) atoms. The zero-order valence-corrected chi connectivity index (χ0v) is 12.9. The molecule has 2 heterocycles. The number of hydrogen-bond donors (Lipinski definition) is 2. The molecule has 1 aromatic heterocycles. The van der Waals surface area contributed by atoms with Crippen LogP contribution in [0.3, 0.4) is 0 Å². The maximum absolute atomic E-state index is 12.0. The first kappa shape index (κ1) is 15.1. The first-order valence-corrected chi connectivity index (χ1v) is 8.11. The maximum atomic E-state index is 12.0. The highest BCUT2D eigenvalue weighted by molar-refractivity contribution is 8.00. The van der Waals surface area contributed by atoms with Crippen LogP contribution in [0.25, 0.3) is 0 Å². The number of rotatable bonds is 6. The first-order valence-electron chi connectivity index (χ1n) is 7.13. The second-order valence-corrected chi connectivity index (χ2v) is 7.00. The Hall–Kier alpha value is -1.30. The van der Waals surface area contributed by atoms with Crippen molar-refractivity contribution in [3.05, 3.63) is 17.8 Å². The van der Waals surface area contributed by atoms with Crippen LogP contribution in [0.5, 0.6) is 0 Å². The normalized spacial score (nSPS) is 21.7. The van der Waals surface area contributed by atoms with Crippen LogP contribution in [0.4, 0.5) is 5.82 Å². The Kier molecular flexibility index (Phi) is 5.23. The summed E-state index contributed by atoms with van der Waals surface area (Å²) in [6.45, 7) is 5.84. The molecule has 1 unspecified atom stereocenters. The molecule has 0 spiro atoms. The van der Waals surface area contributed by atoms with Crippen molar-refractivity contribution in [3.8, 4) is 0 Å². The predicted octanol–water partition coefficient (Wildman–Crippen LogP) is 2.31. The minimum atomic E-state index is -0.145. The van der Waals surface area contributed by atoms with Gasteiger partial charge in [-0.05, 0) is 44.1 Å². The molecule has 1 saturated heterocycles. The summed E-state index contributed by atoms with van der Waals surface area (Å²) in [6, 6.07) is 3.51. The Labute approximate surface area is 124 Å². The van der Waals surface area contributed by atoms with Crippen LogP contribution in [0, 0.1) is 0 Å². The molecule has 2 rings (SSSR count). The molecule has 110 valence electrons. The quantitative estimate of drug-likeness (QED) is 0.843. The van der Waals surface area contributed by atoms with Gasteiger partial charge in [-0.3, -0.25) is 4.79 Å². The first-order chi connectivity index (χ1) is 9.63. The van der Waals surface area contributed by atoms with Crippen molar-refractivity contribution in [3.63, 3.8) is 0 Å². The molecule has 0 saturated carbocycles. The number of aromatic nitrogens is 2. The van der Waals surface area contributed by atoms with E-state index in [0.717, 1.165) is 19.4 Å². The molecule has 1 fully saturated rings. The molecule has 1 aromatic rings. The van der Waals surface area contributed by atoms with Gasteiger partial charge in [-0.15, -0.1) is 10.2 Å². The minimum absolute atomic E-state index is 0.145. The van der Waals surface area contributed by atoms with E-state index in [-0.39, 0.29) is 10.7 Å². The van der Waals surface area contributed by atoms with Gasteiger partial charge in [0.1, 0.15) is 5.82 Å². The van der Waals surface area contributed by atoms with E-state index in [1.165, 1.54) is 12.2 Å². The summed E-state index contributed by atoms with van der Waals surface area (Å²) in [5.41, 5.74) is 0.374.